The van der Waals surface area contributed by atoms with Crippen LogP contribution in [-0.2, 0) is 18.7 Å². The molecule has 1 saturated heterocycles. The molecular formula is C29H51O4Si. The van der Waals surface area contributed by atoms with Crippen molar-refractivity contribution in [2.45, 2.75) is 135 Å². The minimum Gasteiger partial charge on any atom is -0.413 e. The third-order valence-corrected chi connectivity index (χ3v) is 7.76. The minimum absolute atomic E-state index is 0.0119. The van der Waals surface area contributed by atoms with Gasteiger partial charge in [0.15, 0.2) is 6.29 Å². The number of ketones is 1. The summed E-state index contributed by atoms with van der Waals surface area (Å²) in [7, 11) is -0.866. The molecule has 2 rings (SSSR count). The van der Waals surface area contributed by atoms with Crippen molar-refractivity contribution < 1.29 is 18.7 Å². The van der Waals surface area contributed by atoms with Crippen molar-refractivity contribution >= 4 is 14.8 Å². The summed E-state index contributed by atoms with van der Waals surface area (Å²) in [6.45, 7) is 9.60. The summed E-state index contributed by atoms with van der Waals surface area (Å²) in [5.41, 5.74) is 0. The molecule has 5 atom stereocenters. The van der Waals surface area contributed by atoms with Crippen LogP contribution in [0.2, 0.25) is 13.1 Å². The standard InChI is InChI=1S/C29H51O4Si/c1-5-7-9-11-13-17-24(32-29-19-15-16-22-31-29)20-21-26-25(18-14-12-10-8-6-2)27(30)23-28(26)33-34(3)4/h12,14,20-21,24-26,28-29H,5-11,13,15-19,22-23H2,1-4H3/b14-12-,21-20+/t24-,25-,26-,28-,29?/m1/s1. The lowest BCUT2D eigenvalue weighted by atomic mass is 9.90. The molecule has 195 valence electrons. The van der Waals surface area contributed by atoms with Crippen LogP contribution >= 0.6 is 0 Å². The third kappa shape index (κ3) is 11.3. The van der Waals surface area contributed by atoms with Gasteiger partial charge in [0.25, 0.3) is 0 Å². The first-order chi connectivity index (χ1) is 16.5. The molecular weight excluding hydrogens is 440 g/mol. The monoisotopic (exact) mass is 491 g/mol. The van der Waals surface area contributed by atoms with Gasteiger partial charge in [-0.05, 0) is 51.6 Å². The zero-order valence-electron chi connectivity index (χ0n) is 22.4. The maximum absolute atomic E-state index is 12.9. The van der Waals surface area contributed by atoms with Crippen molar-refractivity contribution in [3.63, 3.8) is 0 Å². The van der Waals surface area contributed by atoms with Crippen molar-refractivity contribution in [3.05, 3.63) is 24.3 Å². The lowest BCUT2D eigenvalue weighted by molar-refractivity contribution is -0.179. The second-order valence-electron chi connectivity index (χ2n) is 10.3. The minimum atomic E-state index is -0.866. The highest BCUT2D eigenvalue weighted by atomic mass is 28.3. The lowest BCUT2D eigenvalue weighted by Crippen LogP contribution is -2.28. The molecule has 2 aliphatic rings. The molecule has 4 nitrogen and oxygen atoms in total. The maximum atomic E-state index is 12.9. The van der Waals surface area contributed by atoms with Gasteiger partial charge in [0.05, 0.1) is 12.2 Å². The molecule has 0 bridgehead atoms. The third-order valence-electron chi connectivity index (χ3n) is 6.98. The molecule has 34 heavy (non-hydrogen) atoms. The molecule has 0 spiro atoms. The molecule has 2 fully saturated rings. The van der Waals surface area contributed by atoms with Crippen LogP contribution in [0, 0.1) is 11.8 Å². The Bertz CT molecular complexity index is 597. The molecule has 1 aliphatic carbocycles. The van der Waals surface area contributed by atoms with Crippen LogP contribution in [-0.4, -0.2) is 39.9 Å². The summed E-state index contributed by atoms with van der Waals surface area (Å²) >= 11 is 0. The first-order valence-corrected chi connectivity index (χ1v) is 16.6. The number of hydrogen-bond acceptors (Lipinski definition) is 4. The summed E-state index contributed by atoms with van der Waals surface area (Å²) in [4.78, 5) is 12.9. The van der Waals surface area contributed by atoms with Gasteiger partial charge < -0.3 is 13.9 Å². The average molecular weight is 492 g/mol. The Morgan fingerprint density at radius 2 is 1.85 bits per heavy atom. The number of ether oxygens (including phenoxy) is 2. The van der Waals surface area contributed by atoms with Crippen molar-refractivity contribution in [1.82, 2.24) is 0 Å². The molecule has 0 aromatic heterocycles. The van der Waals surface area contributed by atoms with Crippen molar-refractivity contribution in [1.29, 1.82) is 0 Å². The van der Waals surface area contributed by atoms with Gasteiger partial charge in [0, 0.05) is 24.9 Å². The predicted octanol–water partition coefficient (Wildman–Crippen LogP) is 7.79. The molecule has 1 radical (unpaired) electrons. The lowest BCUT2D eigenvalue weighted by Gasteiger charge is -2.27. The van der Waals surface area contributed by atoms with Crippen molar-refractivity contribution in [3.8, 4) is 0 Å². The maximum Gasteiger partial charge on any atom is 0.205 e. The highest BCUT2D eigenvalue weighted by Gasteiger charge is 2.41. The normalized spacial score (nSPS) is 26.9. The summed E-state index contributed by atoms with van der Waals surface area (Å²) in [6.07, 6.45) is 24.4. The van der Waals surface area contributed by atoms with Gasteiger partial charge in [-0.1, -0.05) is 83.1 Å². The number of rotatable bonds is 17. The van der Waals surface area contributed by atoms with Crippen LogP contribution < -0.4 is 0 Å². The molecule has 1 aliphatic heterocycles. The van der Waals surface area contributed by atoms with Crippen LogP contribution in [0.1, 0.15) is 104 Å². The fourth-order valence-corrected chi connectivity index (χ4v) is 5.88. The first-order valence-electron chi connectivity index (χ1n) is 14.1. The molecule has 0 amide bonds. The molecule has 0 aromatic rings. The second kappa shape index (κ2) is 17.6. The summed E-state index contributed by atoms with van der Waals surface area (Å²) < 4.78 is 18.6. The first kappa shape index (κ1) is 29.5. The second-order valence-corrected chi connectivity index (χ2v) is 12.4. The van der Waals surface area contributed by atoms with E-state index in [4.69, 9.17) is 13.9 Å². The Balaban J connectivity index is 2.06. The smallest absolute Gasteiger partial charge is 0.205 e. The fourth-order valence-electron chi connectivity index (χ4n) is 5.04. The van der Waals surface area contributed by atoms with Crippen molar-refractivity contribution in [2.24, 2.45) is 11.8 Å². The predicted molar refractivity (Wildman–Crippen MR) is 143 cm³/mol. The summed E-state index contributed by atoms with van der Waals surface area (Å²) in [5, 5.41) is 0. The molecule has 0 aromatic carbocycles. The van der Waals surface area contributed by atoms with Gasteiger partial charge in [0.1, 0.15) is 5.78 Å². The van der Waals surface area contributed by atoms with Crippen LogP contribution in [0.4, 0.5) is 0 Å². The van der Waals surface area contributed by atoms with E-state index >= 15 is 0 Å². The van der Waals surface area contributed by atoms with Crippen LogP contribution in [0.25, 0.3) is 0 Å². The highest BCUT2D eigenvalue weighted by Crippen LogP contribution is 2.36. The number of carbonyl (C=O) groups excluding carboxylic acids is 1. The molecule has 0 N–H and O–H groups in total. The number of unbranched alkanes of at least 4 members (excludes halogenated alkanes) is 6. The zero-order valence-corrected chi connectivity index (χ0v) is 23.4. The van der Waals surface area contributed by atoms with Crippen LogP contribution in [0.15, 0.2) is 24.3 Å². The van der Waals surface area contributed by atoms with E-state index < -0.39 is 9.04 Å². The Kier molecular flexibility index (Phi) is 15.3. The van der Waals surface area contributed by atoms with E-state index in [-0.39, 0.29) is 30.3 Å². The number of carbonyl (C=O) groups is 1. The van der Waals surface area contributed by atoms with E-state index in [0.29, 0.717) is 12.2 Å². The van der Waals surface area contributed by atoms with E-state index in [1.54, 1.807) is 0 Å². The van der Waals surface area contributed by atoms with Gasteiger partial charge in [-0.25, -0.2) is 0 Å². The zero-order chi connectivity index (χ0) is 24.6. The molecule has 1 saturated carbocycles. The van der Waals surface area contributed by atoms with Gasteiger partial charge in [-0.2, -0.15) is 0 Å². The number of hydrogen-bond donors (Lipinski definition) is 0. The van der Waals surface area contributed by atoms with Gasteiger partial charge >= 0.3 is 0 Å². The van der Waals surface area contributed by atoms with E-state index in [9.17, 15) is 4.79 Å². The Hall–Kier alpha value is -0.753. The summed E-state index contributed by atoms with van der Waals surface area (Å²) in [5.74, 6) is 0.522. The van der Waals surface area contributed by atoms with Crippen molar-refractivity contribution in [2.75, 3.05) is 6.61 Å². The number of Topliss-reactive ketones (excluding diaryl/α,β-unsaturated/α-hetero) is 1. The SMILES string of the molecule is CCCC/C=C\C[C@H]1C(=O)C[C@@H](O[Si](C)C)[C@@H]1/C=C/[C@@H](CCCCCCC)OC1CCCCO1. The van der Waals surface area contributed by atoms with Crippen LogP contribution in [0.5, 0.6) is 0 Å². The quantitative estimate of drug-likeness (QED) is 0.118. The number of allylic oxidation sites excluding steroid dienone is 2. The van der Waals surface area contributed by atoms with Crippen LogP contribution in [0.3, 0.4) is 0 Å². The van der Waals surface area contributed by atoms with E-state index in [1.165, 1.54) is 51.4 Å². The van der Waals surface area contributed by atoms with Gasteiger partial charge in [-0.3, -0.25) is 4.79 Å². The highest BCUT2D eigenvalue weighted by molar-refractivity contribution is 6.48. The Labute approximate surface area is 211 Å². The average Bonchev–Trinajstić information content (AvgIpc) is 3.10. The topological polar surface area (TPSA) is 44.8 Å². The Morgan fingerprint density at radius 3 is 2.56 bits per heavy atom. The van der Waals surface area contributed by atoms with E-state index in [2.05, 4.69) is 51.2 Å². The summed E-state index contributed by atoms with van der Waals surface area (Å²) in [6, 6.07) is 0. The van der Waals surface area contributed by atoms with E-state index in [1.807, 2.05) is 0 Å². The largest absolute Gasteiger partial charge is 0.413 e. The van der Waals surface area contributed by atoms with Gasteiger partial charge in [-0.15, -0.1) is 0 Å². The molecule has 1 unspecified atom stereocenters. The molecule has 5 heteroatoms. The molecule has 1 heterocycles. The van der Waals surface area contributed by atoms with Gasteiger partial charge in [0.2, 0.25) is 9.04 Å². The fraction of sp³-hybridized carbons (Fsp3) is 0.828. The van der Waals surface area contributed by atoms with E-state index in [0.717, 1.165) is 38.7 Å². The Morgan fingerprint density at radius 1 is 1.06 bits per heavy atom.